The van der Waals surface area contributed by atoms with E-state index in [1.807, 2.05) is 36.4 Å². The topological polar surface area (TPSA) is 70.2 Å². The highest BCUT2D eigenvalue weighted by atomic mass is 32.1. The van der Waals surface area contributed by atoms with Gasteiger partial charge in [0.25, 0.3) is 5.91 Å². The summed E-state index contributed by atoms with van der Waals surface area (Å²) in [5, 5.41) is 12.9. The Balaban J connectivity index is 1.44. The molecule has 5 nitrogen and oxygen atoms in total. The first-order valence-electron chi connectivity index (χ1n) is 9.69. The molecule has 0 radical (unpaired) electrons. The molecule has 1 aromatic heterocycles. The molecule has 2 atom stereocenters. The zero-order valence-electron chi connectivity index (χ0n) is 15.6. The number of carbonyl (C=O) groups is 1. The van der Waals surface area contributed by atoms with Gasteiger partial charge in [0, 0.05) is 12.1 Å². The number of hydrogen-bond donors (Lipinski definition) is 2. The molecular weight excluding hydrogens is 368 g/mol. The Bertz CT molecular complexity index is 972. The van der Waals surface area contributed by atoms with Crippen molar-refractivity contribution in [3.8, 4) is 6.07 Å². The summed E-state index contributed by atoms with van der Waals surface area (Å²) in [6.45, 7) is 1.44. The molecule has 0 saturated carbocycles. The number of nitrogens with zero attached hydrogens (tertiary/aromatic N) is 2. The molecule has 1 aliphatic heterocycles. The molecule has 0 aliphatic carbocycles. The van der Waals surface area contributed by atoms with Gasteiger partial charge >= 0.3 is 0 Å². The van der Waals surface area contributed by atoms with Crippen molar-refractivity contribution in [3.63, 3.8) is 0 Å². The van der Waals surface area contributed by atoms with Crippen LogP contribution in [-0.4, -0.2) is 24.0 Å². The first-order valence-corrected chi connectivity index (χ1v) is 10.5. The molecule has 2 aromatic carbocycles. The minimum absolute atomic E-state index is 0.0241. The summed E-state index contributed by atoms with van der Waals surface area (Å²) in [7, 11) is 0. The lowest BCUT2D eigenvalue weighted by Gasteiger charge is -2.30. The third-order valence-electron chi connectivity index (χ3n) is 5.25. The number of nitriles is 1. The Morgan fingerprint density at radius 2 is 2.04 bits per heavy atom. The Hall–Kier alpha value is -2.75. The molecule has 4 rings (SSSR count). The number of carbonyl (C=O) groups excluding carboxylic acids is 1. The molecule has 142 valence electrons. The zero-order chi connectivity index (χ0) is 19.3. The number of fused-ring (bicyclic) bond motifs is 1. The summed E-state index contributed by atoms with van der Waals surface area (Å²) >= 11 is 1.75. The molecule has 1 fully saturated rings. The van der Waals surface area contributed by atoms with Crippen LogP contribution in [0.4, 0.5) is 5.69 Å². The highest BCUT2D eigenvalue weighted by Gasteiger charge is 2.31. The van der Waals surface area contributed by atoms with E-state index < -0.39 is 0 Å². The van der Waals surface area contributed by atoms with Crippen LogP contribution in [0.3, 0.4) is 0 Å². The van der Waals surface area contributed by atoms with E-state index in [-0.39, 0.29) is 11.9 Å². The monoisotopic (exact) mass is 391 g/mol. The summed E-state index contributed by atoms with van der Waals surface area (Å²) in [5.41, 5.74) is 2.78. The van der Waals surface area contributed by atoms with Gasteiger partial charge in [0.15, 0.2) is 11.6 Å². The predicted octanol–water partition coefficient (Wildman–Crippen LogP) is 3.11. The van der Waals surface area contributed by atoms with Crippen LogP contribution in [0.25, 0.3) is 10.2 Å². The van der Waals surface area contributed by atoms with Gasteiger partial charge in [-0.2, -0.15) is 5.26 Å². The SMILES string of the molecule is N#CCc1ccc(NC(=O)C[NH+]2CCCC[C@@H]2c2nc3ccccc3s2)cc1. The maximum atomic E-state index is 12.6. The first kappa shape index (κ1) is 18.6. The number of nitrogens with one attached hydrogen (secondary N) is 2. The largest absolute Gasteiger partial charge is 0.321 e. The molecule has 2 N–H and O–H groups in total. The number of anilines is 1. The fraction of sp³-hybridized carbons (Fsp3) is 0.318. The fourth-order valence-corrected chi connectivity index (χ4v) is 5.00. The van der Waals surface area contributed by atoms with Gasteiger partial charge in [0.05, 0.1) is 29.3 Å². The lowest BCUT2D eigenvalue weighted by atomic mass is 10.0. The number of thiazole rings is 1. The quantitative estimate of drug-likeness (QED) is 0.702. The molecule has 28 heavy (non-hydrogen) atoms. The summed E-state index contributed by atoms with van der Waals surface area (Å²) in [5.74, 6) is 0.0241. The van der Waals surface area contributed by atoms with Gasteiger partial charge in [-0.1, -0.05) is 24.3 Å². The van der Waals surface area contributed by atoms with Gasteiger partial charge in [0.2, 0.25) is 0 Å². The maximum absolute atomic E-state index is 12.6. The van der Waals surface area contributed by atoms with Crippen molar-refractivity contribution in [1.82, 2.24) is 4.98 Å². The van der Waals surface area contributed by atoms with Gasteiger partial charge in [-0.3, -0.25) is 4.79 Å². The Kier molecular flexibility index (Phi) is 5.65. The molecule has 0 bridgehead atoms. The zero-order valence-corrected chi connectivity index (χ0v) is 16.5. The van der Waals surface area contributed by atoms with Crippen molar-refractivity contribution >= 4 is 33.1 Å². The van der Waals surface area contributed by atoms with Crippen molar-refractivity contribution in [2.45, 2.75) is 31.7 Å². The van der Waals surface area contributed by atoms with Crippen molar-refractivity contribution in [2.24, 2.45) is 0 Å². The van der Waals surface area contributed by atoms with Crippen molar-refractivity contribution in [1.29, 1.82) is 5.26 Å². The van der Waals surface area contributed by atoms with Gasteiger partial charge < -0.3 is 10.2 Å². The van der Waals surface area contributed by atoms with Crippen LogP contribution in [-0.2, 0) is 11.2 Å². The Labute approximate surface area is 168 Å². The number of piperidine rings is 1. The molecule has 1 unspecified atom stereocenters. The summed E-state index contributed by atoms with van der Waals surface area (Å²) < 4.78 is 1.21. The van der Waals surface area contributed by atoms with Crippen molar-refractivity contribution < 1.29 is 9.69 Å². The highest BCUT2D eigenvalue weighted by Crippen LogP contribution is 2.28. The van der Waals surface area contributed by atoms with Crippen LogP contribution < -0.4 is 10.2 Å². The minimum Gasteiger partial charge on any atom is -0.321 e. The number of para-hydroxylation sites is 1. The summed E-state index contributed by atoms with van der Waals surface area (Å²) in [6.07, 6.45) is 3.79. The number of amides is 1. The molecule has 1 amide bonds. The van der Waals surface area contributed by atoms with E-state index in [1.165, 1.54) is 16.0 Å². The molecule has 3 aromatic rings. The number of likely N-dealkylation sites (tertiary alicyclic amines) is 1. The van der Waals surface area contributed by atoms with E-state index in [0.29, 0.717) is 13.0 Å². The predicted molar refractivity (Wildman–Crippen MR) is 111 cm³/mol. The van der Waals surface area contributed by atoms with Crippen LogP contribution in [0, 0.1) is 11.3 Å². The lowest BCUT2D eigenvalue weighted by Crippen LogP contribution is -3.14. The number of aromatic nitrogens is 1. The first-order chi connectivity index (χ1) is 13.7. The summed E-state index contributed by atoms with van der Waals surface area (Å²) in [4.78, 5) is 18.8. The molecule has 6 heteroatoms. The van der Waals surface area contributed by atoms with Crippen LogP contribution in [0.5, 0.6) is 0 Å². The van der Waals surface area contributed by atoms with Crippen LogP contribution >= 0.6 is 11.3 Å². The van der Waals surface area contributed by atoms with Gasteiger partial charge in [-0.05, 0) is 42.7 Å². The molecular formula is C22H23N4OS+. The fourth-order valence-electron chi connectivity index (χ4n) is 3.84. The van der Waals surface area contributed by atoms with E-state index in [4.69, 9.17) is 10.2 Å². The second kappa shape index (κ2) is 8.51. The molecule has 1 aliphatic rings. The second-order valence-electron chi connectivity index (χ2n) is 7.23. The molecule has 2 heterocycles. The standard InChI is InChI=1S/C22H22N4OS/c23-13-12-16-8-10-17(11-9-16)24-21(27)15-26-14-4-3-6-19(26)22-25-18-5-1-2-7-20(18)28-22/h1-2,5,7-11,19H,3-4,6,12,14-15H2,(H,24,27)/p+1/t19-/m1/s1. The third kappa shape index (κ3) is 4.22. The number of hydrogen-bond acceptors (Lipinski definition) is 4. The average molecular weight is 392 g/mol. The second-order valence-corrected chi connectivity index (χ2v) is 8.30. The third-order valence-corrected chi connectivity index (χ3v) is 6.40. The van der Waals surface area contributed by atoms with E-state index in [1.54, 1.807) is 11.3 Å². The number of rotatable bonds is 5. The lowest BCUT2D eigenvalue weighted by molar-refractivity contribution is -0.929. The average Bonchev–Trinajstić information content (AvgIpc) is 3.14. The normalized spacial score (nSPS) is 19.2. The minimum atomic E-state index is 0.0241. The maximum Gasteiger partial charge on any atom is 0.279 e. The molecule has 0 spiro atoms. The van der Waals surface area contributed by atoms with Crippen molar-refractivity contribution in [2.75, 3.05) is 18.4 Å². The Morgan fingerprint density at radius 3 is 2.82 bits per heavy atom. The van der Waals surface area contributed by atoms with Gasteiger partial charge in [-0.15, -0.1) is 11.3 Å². The number of quaternary nitrogens is 1. The van der Waals surface area contributed by atoms with Gasteiger partial charge in [0.1, 0.15) is 6.04 Å². The summed E-state index contributed by atoms with van der Waals surface area (Å²) in [6, 6.07) is 18.2. The van der Waals surface area contributed by atoms with Crippen LogP contribution in [0.15, 0.2) is 48.5 Å². The van der Waals surface area contributed by atoms with E-state index in [2.05, 4.69) is 23.5 Å². The van der Waals surface area contributed by atoms with E-state index >= 15 is 0 Å². The molecule has 1 saturated heterocycles. The smallest absolute Gasteiger partial charge is 0.279 e. The number of benzene rings is 2. The van der Waals surface area contributed by atoms with E-state index in [0.717, 1.165) is 41.2 Å². The van der Waals surface area contributed by atoms with E-state index in [9.17, 15) is 4.79 Å². The van der Waals surface area contributed by atoms with Crippen LogP contribution in [0.2, 0.25) is 0 Å². The van der Waals surface area contributed by atoms with Crippen molar-refractivity contribution in [3.05, 3.63) is 59.1 Å². The highest BCUT2D eigenvalue weighted by molar-refractivity contribution is 7.18. The van der Waals surface area contributed by atoms with Gasteiger partial charge in [-0.25, -0.2) is 4.98 Å². The Morgan fingerprint density at radius 1 is 1.21 bits per heavy atom. The van der Waals surface area contributed by atoms with Crippen LogP contribution in [0.1, 0.15) is 35.9 Å².